The van der Waals surface area contributed by atoms with Gasteiger partial charge in [-0.3, -0.25) is 0 Å². The molecule has 1 aliphatic rings. The molecule has 0 radical (unpaired) electrons. The fourth-order valence-corrected chi connectivity index (χ4v) is 1.23. The molecule has 4 nitrogen and oxygen atoms in total. The molecule has 74 valence electrons. The van der Waals surface area contributed by atoms with E-state index in [1.54, 1.807) is 20.8 Å². The monoisotopic (exact) mass is 186 g/mol. The predicted molar refractivity (Wildman–Crippen MR) is 45.6 cm³/mol. The lowest BCUT2D eigenvalue weighted by molar-refractivity contribution is -0.152. The SMILES string of the molecule is CC1=C([C@H](O)C(C)C)C(=O)OC1O. The summed E-state index contributed by atoms with van der Waals surface area (Å²) in [7, 11) is 0. The summed E-state index contributed by atoms with van der Waals surface area (Å²) in [4.78, 5) is 11.1. The van der Waals surface area contributed by atoms with Gasteiger partial charge in [-0.15, -0.1) is 0 Å². The summed E-state index contributed by atoms with van der Waals surface area (Å²) in [6.07, 6.45) is -2.04. The number of carbonyl (C=O) groups is 1. The molecule has 4 heteroatoms. The summed E-state index contributed by atoms with van der Waals surface area (Å²) in [5.41, 5.74) is 0.605. The Balaban J connectivity index is 2.95. The zero-order chi connectivity index (χ0) is 10.2. The zero-order valence-corrected chi connectivity index (χ0v) is 7.94. The van der Waals surface area contributed by atoms with Crippen LogP contribution >= 0.6 is 0 Å². The summed E-state index contributed by atoms with van der Waals surface area (Å²) in [5, 5.41) is 18.8. The van der Waals surface area contributed by atoms with Gasteiger partial charge in [0, 0.05) is 5.57 Å². The second-order valence-corrected chi connectivity index (χ2v) is 3.54. The lowest BCUT2D eigenvalue weighted by Crippen LogP contribution is -2.22. The Labute approximate surface area is 76.8 Å². The molecule has 13 heavy (non-hydrogen) atoms. The Hall–Kier alpha value is -0.870. The number of ether oxygens (including phenoxy) is 1. The van der Waals surface area contributed by atoms with Crippen molar-refractivity contribution in [3.05, 3.63) is 11.1 Å². The van der Waals surface area contributed by atoms with Crippen molar-refractivity contribution >= 4 is 5.97 Å². The minimum absolute atomic E-state index is 0.0669. The summed E-state index contributed by atoms with van der Waals surface area (Å²) in [6.45, 7) is 5.17. The molecule has 1 unspecified atom stereocenters. The van der Waals surface area contributed by atoms with Crippen molar-refractivity contribution in [2.45, 2.75) is 33.2 Å². The highest BCUT2D eigenvalue weighted by atomic mass is 16.6. The Morgan fingerprint density at radius 3 is 2.31 bits per heavy atom. The van der Waals surface area contributed by atoms with Gasteiger partial charge in [0.2, 0.25) is 6.29 Å². The highest BCUT2D eigenvalue weighted by Crippen LogP contribution is 2.26. The molecule has 0 bridgehead atoms. The van der Waals surface area contributed by atoms with Crippen molar-refractivity contribution in [2.75, 3.05) is 0 Å². The first-order valence-corrected chi connectivity index (χ1v) is 4.23. The molecule has 1 rings (SSSR count). The van der Waals surface area contributed by atoms with Gasteiger partial charge in [0.05, 0.1) is 11.7 Å². The fourth-order valence-electron chi connectivity index (χ4n) is 1.23. The van der Waals surface area contributed by atoms with Crippen LogP contribution in [0.5, 0.6) is 0 Å². The molecular formula is C9H14O4. The number of hydrogen-bond donors (Lipinski definition) is 2. The smallest absolute Gasteiger partial charge is 0.339 e. The summed E-state index contributed by atoms with van der Waals surface area (Å²) < 4.78 is 4.54. The van der Waals surface area contributed by atoms with E-state index >= 15 is 0 Å². The molecule has 0 aromatic heterocycles. The van der Waals surface area contributed by atoms with Crippen LogP contribution < -0.4 is 0 Å². The lowest BCUT2D eigenvalue weighted by atomic mass is 9.96. The number of hydrogen-bond acceptors (Lipinski definition) is 4. The minimum atomic E-state index is -1.18. The number of cyclic esters (lactones) is 1. The summed E-state index contributed by atoms with van der Waals surface area (Å²) in [5.74, 6) is -0.686. The Morgan fingerprint density at radius 1 is 1.46 bits per heavy atom. The Bertz CT molecular complexity index is 254. The van der Waals surface area contributed by atoms with Gasteiger partial charge in [-0.1, -0.05) is 13.8 Å². The van der Waals surface area contributed by atoms with Crippen LogP contribution in [0.4, 0.5) is 0 Å². The first-order chi connectivity index (χ1) is 5.95. The molecule has 0 saturated carbocycles. The van der Waals surface area contributed by atoms with Gasteiger partial charge in [0.1, 0.15) is 0 Å². The van der Waals surface area contributed by atoms with E-state index in [0.29, 0.717) is 5.57 Å². The van der Waals surface area contributed by atoms with Crippen LogP contribution in [0.3, 0.4) is 0 Å². The van der Waals surface area contributed by atoms with Crippen molar-refractivity contribution < 1.29 is 19.7 Å². The second-order valence-electron chi connectivity index (χ2n) is 3.54. The second kappa shape index (κ2) is 3.47. The Morgan fingerprint density at radius 2 is 2.00 bits per heavy atom. The number of rotatable bonds is 2. The highest BCUT2D eigenvalue weighted by Gasteiger charge is 2.35. The maximum Gasteiger partial charge on any atom is 0.339 e. The molecule has 0 amide bonds. The van der Waals surface area contributed by atoms with Gasteiger partial charge in [-0.05, 0) is 12.8 Å². The van der Waals surface area contributed by atoms with E-state index in [0.717, 1.165) is 0 Å². The maximum absolute atomic E-state index is 11.1. The van der Waals surface area contributed by atoms with Crippen molar-refractivity contribution in [3.63, 3.8) is 0 Å². The van der Waals surface area contributed by atoms with Crippen molar-refractivity contribution in [1.29, 1.82) is 0 Å². The van der Waals surface area contributed by atoms with E-state index in [1.807, 2.05) is 0 Å². The van der Waals surface area contributed by atoms with Crippen LogP contribution in [0, 0.1) is 5.92 Å². The van der Waals surface area contributed by atoms with Crippen LogP contribution in [-0.4, -0.2) is 28.6 Å². The van der Waals surface area contributed by atoms with Gasteiger partial charge in [0.25, 0.3) is 0 Å². The van der Waals surface area contributed by atoms with Crippen molar-refractivity contribution in [3.8, 4) is 0 Å². The molecule has 0 spiro atoms. The molecule has 2 atom stereocenters. The standard InChI is InChI=1S/C9H14O4/c1-4(2)7(10)6-5(3)8(11)13-9(6)12/h4,7-8,10-11H,1-3H3/t7-,8?/m1/s1. The number of esters is 1. The third-order valence-corrected chi connectivity index (χ3v) is 2.16. The highest BCUT2D eigenvalue weighted by molar-refractivity contribution is 5.93. The average molecular weight is 186 g/mol. The van der Waals surface area contributed by atoms with E-state index in [9.17, 15) is 9.90 Å². The van der Waals surface area contributed by atoms with Gasteiger partial charge in [0.15, 0.2) is 0 Å². The molecular weight excluding hydrogens is 172 g/mol. The largest absolute Gasteiger partial charge is 0.428 e. The topological polar surface area (TPSA) is 66.8 Å². The van der Waals surface area contributed by atoms with Crippen LogP contribution in [0.1, 0.15) is 20.8 Å². The van der Waals surface area contributed by atoms with Gasteiger partial charge in [-0.2, -0.15) is 0 Å². The predicted octanol–water partition coefficient (Wildman–Crippen LogP) is 0.195. The third-order valence-electron chi connectivity index (χ3n) is 2.16. The number of aliphatic hydroxyl groups is 2. The van der Waals surface area contributed by atoms with Gasteiger partial charge < -0.3 is 14.9 Å². The van der Waals surface area contributed by atoms with E-state index in [2.05, 4.69) is 4.74 Å². The molecule has 1 heterocycles. The molecule has 0 fully saturated rings. The summed E-state index contributed by atoms with van der Waals surface area (Å²) in [6, 6.07) is 0. The van der Waals surface area contributed by atoms with Gasteiger partial charge in [-0.25, -0.2) is 4.79 Å². The lowest BCUT2D eigenvalue weighted by Gasteiger charge is -2.13. The van der Waals surface area contributed by atoms with Crippen molar-refractivity contribution in [2.24, 2.45) is 5.92 Å². The van der Waals surface area contributed by atoms with E-state index in [1.165, 1.54) is 0 Å². The molecule has 0 saturated heterocycles. The number of aliphatic hydroxyl groups excluding tert-OH is 2. The minimum Gasteiger partial charge on any atom is -0.428 e. The first-order valence-electron chi connectivity index (χ1n) is 4.23. The average Bonchev–Trinajstić information content (AvgIpc) is 2.26. The molecule has 1 aliphatic heterocycles. The quantitative estimate of drug-likeness (QED) is 0.604. The van der Waals surface area contributed by atoms with E-state index in [4.69, 9.17) is 5.11 Å². The Kier molecular flexibility index (Phi) is 2.73. The normalized spacial score (nSPS) is 25.4. The van der Waals surface area contributed by atoms with E-state index < -0.39 is 18.4 Å². The van der Waals surface area contributed by atoms with Crippen molar-refractivity contribution in [1.82, 2.24) is 0 Å². The zero-order valence-electron chi connectivity index (χ0n) is 7.94. The molecule has 0 aliphatic carbocycles. The third kappa shape index (κ3) is 1.73. The van der Waals surface area contributed by atoms with Gasteiger partial charge >= 0.3 is 5.97 Å². The van der Waals surface area contributed by atoms with Crippen LogP contribution in [0.25, 0.3) is 0 Å². The maximum atomic E-state index is 11.1. The van der Waals surface area contributed by atoms with Crippen LogP contribution in [-0.2, 0) is 9.53 Å². The fraction of sp³-hybridized carbons (Fsp3) is 0.667. The van der Waals surface area contributed by atoms with E-state index in [-0.39, 0.29) is 11.5 Å². The summed E-state index contributed by atoms with van der Waals surface area (Å²) >= 11 is 0. The first kappa shape index (κ1) is 10.2. The molecule has 0 aromatic rings. The van der Waals surface area contributed by atoms with Crippen LogP contribution in [0.2, 0.25) is 0 Å². The molecule has 2 N–H and O–H groups in total. The number of carbonyl (C=O) groups excluding carboxylic acids is 1. The van der Waals surface area contributed by atoms with Crippen LogP contribution in [0.15, 0.2) is 11.1 Å². The molecule has 0 aromatic carbocycles.